The van der Waals surface area contributed by atoms with Crippen LogP contribution in [-0.2, 0) is 0 Å². The van der Waals surface area contributed by atoms with Crippen molar-refractivity contribution in [2.75, 3.05) is 11.9 Å². The van der Waals surface area contributed by atoms with Crippen LogP contribution in [0.4, 0.5) is 15.8 Å². The minimum atomic E-state index is -0.376. The van der Waals surface area contributed by atoms with Gasteiger partial charge in [0.2, 0.25) is 0 Å². The fraction of sp³-hybridized carbons (Fsp3) is 0.133. The average Bonchev–Trinajstić information content (AvgIpc) is 2.40. The van der Waals surface area contributed by atoms with Crippen LogP contribution < -0.4 is 10.6 Å². The lowest BCUT2D eigenvalue weighted by atomic mass is 10.1. The number of hydrogen-bond donors (Lipinski definition) is 1. The van der Waals surface area contributed by atoms with Crippen LogP contribution in [0.3, 0.4) is 0 Å². The first-order valence-corrected chi connectivity index (χ1v) is 7.20. The van der Waals surface area contributed by atoms with Crippen LogP contribution in [0.1, 0.15) is 11.1 Å². The van der Waals surface area contributed by atoms with E-state index in [-0.39, 0.29) is 10.8 Å². The minimum Gasteiger partial charge on any atom is -0.389 e. The fourth-order valence-corrected chi connectivity index (χ4v) is 2.81. The van der Waals surface area contributed by atoms with Gasteiger partial charge in [-0.05, 0) is 52.7 Å². The van der Waals surface area contributed by atoms with Crippen molar-refractivity contribution < 1.29 is 4.39 Å². The number of nitrogens with two attached hydrogens (primary N) is 1. The van der Waals surface area contributed by atoms with Gasteiger partial charge in [0.1, 0.15) is 4.99 Å². The van der Waals surface area contributed by atoms with E-state index >= 15 is 0 Å². The van der Waals surface area contributed by atoms with Gasteiger partial charge in [-0.25, -0.2) is 4.39 Å². The van der Waals surface area contributed by atoms with Crippen molar-refractivity contribution in [3.63, 3.8) is 0 Å². The molecule has 2 aromatic carbocycles. The van der Waals surface area contributed by atoms with Crippen LogP contribution in [0.5, 0.6) is 0 Å². The molecule has 2 nitrogen and oxygen atoms in total. The molecule has 2 N–H and O–H groups in total. The van der Waals surface area contributed by atoms with Crippen LogP contribution >= 0.6 is 28.1 Å². The van der Waals surface area contributed by atoms with Crippen molar-refractivity contribution in [2.45, 2.75) is 6.92 Å². The number of thiocarbonyl (C=S) groups is 1. The summed E-state index contributed by atoms with van der Waals surface area (Å²) >= 11 is 8.11. The smallest absolute Gasteiger partial charge is 0.161 e. The standard InChI is InChI=1S/C15H14BrFN2S/c1-9-4-3-5-10(8-9)19(2)12-7-6-11(15(18)20)13(16)14(12)17/h3-8H,1-2H3,(H2,18,20). The van der Waals surface area contributed by atoms with Gasteiger partial charge in [-0.1, -0.05) is 24.4 Å². The first-order valence-electron chi connectivity index (χ1n) is 6.00. The van der Waals surface area contributed by atoms with E-state index in [1.165, 1.54) is 0 Å². The molecule has 0 radical (unpaired) electrons. The Hall–Kier alpha value is -1.46. The zero-order valence-electron chi connectivity index (χ0n) is 11.2. The van der Waals surface area contributed by atoms with Crippen molar-refractivity contribution >= 4 is 44.5 Å². The van der Waals surface area contributed by atoms with E-state index in [1.54, 1.807) is 17.0 Å². The Morgan fingerprint density at radius 3 is 2.60 bits per heavy atom. The summed E-state index contributed by atoms with van der Waals surface area (Å²) in [6.07, 6.45) is 0. The molecule has 0 spiro atoms. The lowest BCUT2D eigenvalue weighted by molar-refractivity contribution is 0.620. The highest BCUT2D eigenvalue weighted by Gasteiger charge is 2.16. The maximum absolute atomic E-state index is 14.5. The molecule has 0 fully saturated rings. The highest BCUT2D eigenvalue weighted by atomic mass is 79.9. The Labute approximate surface area is 131 Å². The van der Waals surface area contributed by atoms with Gasteiger partial charge in [0.05, 0.1) is 10.2 Å². The Kier molecular flexibility index (Phi) is 4.40. The van der Waals surface area contributed by atoms with E-state index in [0.29, 0.717) is 15.7 Å². The second kappa shape index (κ2) is 5.89. The Morgan fingerprint density at radius 2 is 2.00 bits per heavy atom. The number of anilines is 2. The zero-order chi connectivity index (χ0) is 14.9. The van der Waals surface area contributed by atoms with Gasteiger partial charge in [0, 0.05) is 18.3 Å². The minimum absolute atomic E-state index is 0.167. The van der Waals surface area contributed by atoms with Crippen LogP contribution in [0.25, 0.3) is 0 Å². The highest BCUT2D eigenvalue weighted by molar-refractivity contribution is 9.10. The molecule has 0 aromatic heterocycles. The molecule has 0 bridgehead atoms. The molecule has 0 aliphatic carbocycles. The monoisotopic (exact) mass is 352 g/mol. The van der Waals surface area contributed by atoms with Crippen molar-refractivity contribution in [2.24, 2.45) is 5.73 Å². The molecule has 20 heavy (non-hydrogen) atoms. The molecule has 2 rings (SSSR count). The molecule has 0 amide bonds. The van der Waals surface area contributed by atoms with E-state index in [0.717, 1.165) is 11.3 Å². The van der Waals surface area contributed by atoms with E-state index in [1.807, 2.05) is 38.2 Å². The summed E-state index contributed by atoms with van der Waals surface area (Å²) in [5.41, 5.74) is 8.56. The van der Waals surface area contributed by atoms with E-state index in [9.17, 15) is 4.39 Å². The molecule has 0 atom stereocenters. The lowest BCUT2D eigenvalue weighted by Gasteiger charge is -2.21. The van der Waals surface area contributed by atoms with E-state index in [2.05, 4.69) is 15.9 Å². The van der Waals surface area contributed by atoms with Crippen LogP contribution in [0.15, 0.2) is 40.9 Å². The number of aryl methyl sites for hydroxylation is 1. The SMILES string of the molecule is Cc1cccc(N(C)c2ccc(C(N)=S)c(Br)c2F)c1. The summed E-state index contributed by atoms with van der Waals surface area (Å²) < 4.78 is 14.7. The molecular formula is C15H14BrFN2S. The van der Waals surface area contributed by atoms with Crippen molar-refractivity contribution in [3.05, 3.63) is 57.8 Å². The van der Waals surface area contributed by atoms with E-state index in [4.69, 9.17) is 18.0 Å². The number of rotatable bonds is 3. The average molecular weight is 353 g/mol. The molecule has 104 valence electrons. The van der Waals surface area contributed by atoms with Gasteiger partial charge in [-0.3, -0.25) is 0 Å². The van der Waals surface area contributed by atoms with Crippen molar-refractivity contribution in [3.8, 4) is 0 Å². The van der Waals surface area contributed by atoms with Crippen LogP contribution in [0.2, 0.25) is 0 Å². The fourth-order valence-electron chi connectivity index (χ4n) is 1.96. The zero-order valence-corrected chi connectivity index (χ0v) is 13.6. The lowest BCUT2D eigenvalue weighted by Crippen LogP contribution is -2.15. The van der Waals surface area contributed by atoms with Gasteiger partial charge < -0.3 is 10.6 Å². The third-order valence-corrected chi connectivity index (χ3v) is 4.07. The number of hydrogen-bond acceptors (Lipinski definition) is 2. The molecule has 0 saturated carbocycles. The first-order chi connectivity index (χ1) is 9.41. The third-order valence-electron chi connectivity index (χ3n) is 3.08. The van der Waals surface area contributed by atoms with Gasteiger partial charge in [0.15, 0.2) is 5.82 Å². The van der Waals surface area contributed by atoms with Gasteiger partial charge >= 0.3 is 0 Å². The normalized spacial score (nSPS) is 10.4. The van der Waals surface area contributed by atoms with E-state index < -0.39 is 0 Å². The topological polar surface area (TPSA) is 29.3 Å². The summed E-state index contributed by atoms with van der Waals surface area (Å²) in [6, 6.07) is 11.3. The molecule has 0 heterocycles. The molecule has 0 aliphatic heterocycles. The summed E-state index contributed by atoms with van der Waals surface area (Å²) in [6.45, 7) is 2.00. The maximum Gasteiger partial charge on any atom is 0.161 e. The van der Waals surface area contributed by atoms with Crippen LogP contribution in [-0.4, -0.2) is 12.0 Å². The number of nitrogens with zero attached hydrogens (tertiary/aromatic N) is 1. The maximum atomic E-state index is 14.5. The predicted octanol–water partition coefficient (Wildman–Crippen LogP) is 4.30. The van der Waals surface area contributed by atoms with Crippen molar-refractivity contribution in [1.29, 1.82) is 0 Å². The number of benzene rings is 2. The third kappa shape index (κ3) is 2.83. The first kappa shape index (κ1) is 14.9. The molecule has 0 saturated heterocycles. The summed E-state index contributed by atoms with van der Waals surface area (Å²) in [5, 5.41) is 0. The Bertz CT molecular complexity index is 673. The van der Waals surface area contributed by atoms with Gasteiger partial charge in [0.25, 0.3) is 0 Å². The largest absolute Gasteiger partial charge is 0.389 e. The molecule has 0 unspecified atom stereocenters. The Morgan fingerprint density at radius 1 is 1.30 bits per heavy atom. The van der Waals surface area contributed by atoms with Crippen LogP contribution in [0, 0.1) is 12.7 Å². The summed E-state index contributed by atoms with van der Waals surface area (Å²) in [4.78, 5) is 1.96. The summed E-state index contributed by atoms with van der Waals surface area (Å²) in [5.74, 6) is -0.376. The van der Waals surface area contributed by atoms with Crippen molar-refractivity contribution in [1.82, 2.24) is 0 Å². The summed E-state index contributed by atoms with van der Waals surface area (Å²) in [7, 11) is 1.82. The second-order valence-corrected chi connectivity index (χ2v) is 5.76. The predicted molar refractivity (Wildman–Crippen MR) is 89.2 cm³/mol. The molecule has 0 aliphatic rings. The molecular weight excluding hydrogens is 339 g/mol. The number of halogens is 2. The Balaban J connectivity index is 2.48. The van der Waals surface area contributed by atoms with Gasteiger partial charge in [-0.2, -0.15) is 0 Å². The molecule has 2 aromatic rings. The highest BCUT2D eigenvalue weighted by Crippen LogP contribution is 2.32. The second-order valence-electron chi connectivity index (χ2n) is 4.52. The quantitative estimate of drug-likeness (QED) is 0.835. The molecule has 5 heteroatoms. The van der Waals surface area contributed by atoms with Gasteiger partial charge in [-0.15, -0.1) is 0 Å².